The summed E-state index contributed by atoms with van der Waals surface area (Å²) in [5, 5.41) is 5.98. The van der Waals surface area contributed by atoms with Crippen LogP contribution in [0.15, 0.2) is 83.3 Å². The summed E-state index contributed by atoms with van der Waals surface area (Å²) in [5.74, 6) is 1.49. The zero-order valence-corrected chi connectivity index (χ0v) is 20.1. The zero-order valence-electron chi connectivity index (χ0n) is 18.5. The van der Waals surface area contributed by atoms with Gasteiger partial charge in [0.25, 0.3) is 0 Å². The van der Waals surface area contributed by atoms with E-state index in [9.17, 15) is 0 Å². The van der Waals surface area contributed by atoms with E-state index in [4.69, 9.17) is 9.47 Å². The average Bonchev–Trinajstić information content (AvgIpc) is 2.82. The number of anilines is 1. The molecule has 4 rings (SSSR count). The summed E-state index contributed by atoms with van der Waals surface area (Å²) in [6.07, 6.45) is 0.998. The maximum Gasteiger partial charge on any atom is 0.175 e. The highest BCUT2D eigenvalue weighted by Gasteiger charge is 2.14. The number of hydrogen-bond acceptors (Lipinski definition) is 3. The number of para-hydroxylation sites is 1. The fraction of sp³-hybridized carbons (Fsp3) is 0.214. The van der Waals surface area contributed by atoms with Crippen LogP contribution in [-0.4, -0.2) is 6.61 Å². The van der Waals surface area contributed by atoms with Gasteiger partial charge in [-0.1, -0.05) is 67.6 Å². The molecule has 0 aliphatic carbocycles. The summed E-state index contributed by atoms with van der Waals surface area (Å²) < 4.78 is 13.1. The minimum absolute atomic E-state index is 0.474. The van der Waals surface area contributed by atoms with Crippen molar-refractivity contribution in [3.8, 4) is 11.5 Å². The predicted octanol–water partition coefficient (Wildman–Crippen LogP) is 7.75. The lowest BCUT2D eigenvalue weighted by atomic mass is 10.1. The van der Waals surface area contributed by atoms with Crippen molar-refractivity contribution in [3.63, 3.8) is 0 Å². The van der Waals surface area contributed by atoms with E-state index >= 15 is 0 Å². The summed E-state index contributed by atoms with van der Waals surface area (Å²) in [6, 6.07) is 27.3. The SMILES string of the molecule is CCOc1cc(CNc2ccccc2CC)cc(Br)c1OCc1cccc2ccccc12. The Morgan fingerprint density at radius 1 is 0.812 bits per heavy atom. The molecule has 0 amide bonds. The molecule has 164 valence electrons. The standard InChI is InChI=1S/C28H28BrNO2/c1-3-21-10-6-8-15-26(21)30-18-20-16-25(29)28(27(17-20)31-4-2)32-19-23-13-9-12-22-11-5-7-14-24(22)23/h5-17,30H,3-4,18-19H2,1-2H3. The fourth-order valence-corrected chi connectivity index (χ4v) is 4.50. The average molecular weight is 490 g/mol. The Bertz CT molecular complexity index is 1200. The van der Waals surface area contributed by atoms with Gasteiger partial charge in [-0.3, -0.25) is 0 Å². The van der Waals surface area contributed by atoms with Gasteiger partial charge in [0, 0.05) is 12.2 Å². The molecule has 0 bridgehead atoms. The number of aryl methyl sites for hydroxylation is 1. The van der Waals surface area contributed by atoms with Crippen LogP contribution in [-0.2, 0) is 19.6 Å². The lowest BCUT2D eigenvalue weighted by molar-refractivity contribution is 0.268. The van der Waals surface area contributed by atoms with Crippen molar-refractivity contribution in [2.45, 2.75) is 33.4 Å². The van der Waals surface area contributed by atoms with Crippen LogP contribution in [0.2, 0.25) is 0 Å². The van der Waals surface area contributed by atoms with Gasteiger partial charge in [0.1, 0.15) is 6.61 Å². The van der Waals surface area contributed by atoms with Crippen LogP contribution in [0, 0.1) is 0 Å². The summed E-state index contributed by atoms with van der Waals surface area (Å²) in [6.45, 7) is 5.92. The van der Waals surface area contributed by atoms with Gasteiger partial charge in [0.05, 0.1) is 11.1 Å². The maximum atomic E-state index is 6.28. The molecule has 0 saturated carbocycles. The molecule has 0 aliphatic rings. The summed E-state index contributed by atoms with van der Waals surface area (Å²) in [5.41, 5.74) is 4.76. The third-order valence-electron chi connectivity index (χ3n) is 5.50. The summed E-state index contributed by atoms with van der Waals surface area (Å²) in [4.78, 5) is 0. The Hall–Kier alpha value is -2.98. The summed E-state index contributed by atoms with van der Waals surface area (Å²) in [7, 11) is 0. The van der Waals surface area contributed by atoms with Crippen molar-refractivity contribution in [1.29, 1.82) is 0 Å². The molecule has 0 atom stereocenters. The first-order chi connectivity index (χ1) is 15.7. The van der Waals surface area contributed by atoms with E-state index in [0.717, 1.165) is 33.5 Å². The number of halogens is 1. The third kappa shape index (κ3) is 5.08. The second kappa shape index (κ2) is 10.6. The minimum atomic E-state index is 0.474. The van der Waals surface area contributed by atoms with E-state index in [1.54, 1.807) is 0 Å². The van der Waals surface area contributed by atoms with Gasteiger partial charge in [0.2, 0.25) is 0 Å². The van der Waals surface area contributed by atoms with E-state index < -0.39 is 0 Å². The molecule has 0 aliphatic heterocycles. The largest absolute Gasteiger partial charge is 0.490 e. The molecule has 0 radical (unpaired) electrons. The molecule has 0 spiro atoms. The molecule has 0 heterocycles. The molecule has 0 saturated heterocycles. The van der Waals surface area contributed by atoms with Crippen molar-refractivity contribution in [1.82, 2.24) is 0 Å². The van der Waals surface area contributed by atoms with Gasteiger partial charge < -0.3 is 14.8 Å². The molecule has 4 heteroatoms. The number of nitrogens with one attached hydrogen (secondary N) is 1. The van der Waals surface area contributed by atoms with Gasteiger partial charge in [-0.05, 0) is 74.9 Å². The maximum absolute atomic E-state index is 6.28. The Labute approximate surface area is 198 Å². The van der Waals surface area contributed by atoms with E-state index in [1.165, 1.54) is 22.0 Å². The number of hydrogen-bond donors (Lipinski definition) is 1. The highest BCUT2D eigenvalue weighted by Crippen LogP contribution is 2.38. The highest BCUT2D eigenvalue weighted by molar-refractivity contribution is 9.10. The smallest absolute Gasteiger partial charge is 0.175 e. The van der Waals surface area contributed by atoms with E-state index in [2.05, 4.69) is 107 Å². The van der Waals surface area contributed by atoms with Crippen LogP contribution in [0.4, 0.5) is 5.69 Å². The van der Waals surface area contributed by atoms with Crippen molar-refractivity contribution < 1.29 is 9.47 Å². The zero-order chi connectivity index (χ0) is 22.3. The van der Waals surface area contributed by atoms with Crippen LogP contribution in [0.3, 0.4) is 0 Å². The monoisotopic (exact) mass is 489 g/mol. The van der Waals surface area contributed by atoms with E-state index in [0.29, 0.717) is 19.8 Å². The van der Waals surface area contributed by atoms with Crippen molar-refractivity contribution >= 4 is 32.4 Å². The molecular formula is C28H28BrNO2. The molecule has 3 nitrogen and oxygen atoms in total. The van der Waals surface area contributed by atoms with Crippen LogP contribution in [0.5, 0.6) is 11.5 Å². The lowest BCUT2D eigenvalue weighted by Crippen LogP contribution is -2.05. The molecular weight excluding hydrogens is 462 g/mol. The first-order valence-corrected chi connectivity index (χ1v) is 11.8. The Balaban J connectivity index is 1.54. The number of fused-ring (bicyclic) bond motifs is 1. The molecule has 4 aromatic rings. The fourth-order valence-electron chi connectivity index (χ4n) is 3.89. The highest BCUT2D eigenvalue weighted by atomic mass is 79.9. The van der Waals surface area contributed by atoms with E-state index in [1.807, 2.05) is 6.92 Å². The van der Waals surface area contributed by atoms with Gasteiger partial charge in [-0.25, -0.2) is 0 Å². The Kier molecular flexibility index (Phi) is 7.33. The van der Waals surface area contributed by atoms with Crippen LogP contribution < -0.4 is 14.8 Å². The topological polar surface area (TPSA) is 30.5 Å². The first-order valence-electron chi connectivity index (χ1n) is 11.1. The second-order valence-corrected chi connectivity index (χ2v) is 8.48. The number of ether oxygens (including phenoxy) is 2. The van der Waals surface area contributed by atoms with Crippen molar-refractivity contribution in [3.05, 3.63) is 100 Å². The molecule has 0 unspecified atom stereocenters. The second-order valence-electron chi connectivity index (χ2n) is 7.63. The van der Waals surface area contributed by atoms with Gasteiger partial charge in [-0.15, -0.1) is 0 Å². The van der Waals surface area contributed by atoms with E-state index in [-0.39, 0.29) is 0 Å². The van der Waals surface area contributed by atoms with Crippen LogP contribution >= 0.6 is 15.9 Å². The third-order valence-corrected chi connectivity index (χ3v) is 6.09. The normalized spacial score (nSPS) is 10.8. The predicted molar refractivity (Wildman–Crippen MR) is 137 cm³/mol. The Morgan fingerprint density at radius 3 is 2.41 bits per heavy atom. The van der Waals surface area contributed by atoms with Crippen molar-refractivity contribution in [2.24, 2.45) is 0 Å². The number of rotatable bonds is 9. The minimum Gasteiger partial charge on any atom is -0.490 e. The van der Waals surface area contributed by atoms with Gasteiger partial charge >= 0.3 is 0 Å². The van der Waals surface area contributed by atoms with Crippen molar-refractivity contribution in [2.75, 3.05) is 11.9 Å². The van der Waals surface area contributed by atoms with Crippen LogP contribution in [0.1, 0.15) is 30.5 Å². The number of benzene rings is 4. The van der Waals surface area contributed by atoms with Crippen LogP contribution in [0.25, 0.3) is 10.8 Å². The molecule has 4 aromatic carbocycles. The van der Waals surface area contributed by atoms with Gasteiger partial charge in [-0.2, -0.15) is 0 Å². The molecule has 0 fully saturated rings. The lowest BCUT2D eigenvalue weighted by Gasteiger charge is -2.17. The first kappa shape index (κ1) is 22.2. The Morgan fingerprint density at radius 2 is 1.56 bits per heavy atom. The molecule has 0 aromatic heterocycles. The molecule has 1 N–H and O–H groups in total. The summed E-state index contributed by atoms with van der Waals surface area (Å²) >= 11 is 3.71. The van der Waals surface area contributed by atoms with Gasteiger partial charge in [0.15, 0.2) is 11.5 Å². The molecule has 32 heavy (non-hydrogen) atoms. The quantitative estimate of drug-likeness (QED) is 0.260.